The number of piperidine rings is 1. The lowest BCUT2D eigenvalue weighted by Gasteiger charge is -2.40. The van der Waals surface area contributed by atoms with Gasteiger partial charge in [0.15, 0.2) is 0 Å². The molecule has 0 aliphatic carbocycles. The Hall–Kier alpha value is -1.33. The number of nitrogens with one attached hydrogen (secondary N) is 1. The van der Waals surface area contributed by atoms with Gasteiger partial charge in [0.1, 0.15) is 5.76 Å². The Bertz CT molecular complexity index is 446. The van der Waals surface area contributed by atoms with E-state index >= 15 is 0 Å². The van der Waals surface area contributed by atoms with Crippen molar-refractivity contribution >= 4 is 5.91 Å². The molecule has 3 rings (SSSR count). The molecule has 0 aromatic carbocycles. The summed E-state index contributed by atoms with van der Waals surface area (Å²) in [5, 5.41) is 12.7. The first-order chi connectivity index (χ1) is 9.65. The smallest absolute Gasteiger partial charge is 0.237 e. The van der Waals surface area contributed by atoms with Crippen molar-refractivity contribution in [3.8, 4) is 0 Å². The fourth-order valence-electron chi connectivity index (χ4n) is 3.69. The number of hydrogen-bond acceptors (Lipinski definition) is 4. The minimum atomic E-state index is -0.192. The van der Waals surface area contributed by atoms with Gasteiger partial charge in [0.05, 0.1) is 25.0 Å². The van der Waals surface area contributed by atoms with Gasteiger partial charge >= 0.3 is 0 Å². The molecular weight excluding hydrogens is 256 g/mol. The monoisotopic (exact) mass is 278 g/mol. The third-order valence-corrected chi connectivity index (χ3v) is 4.61. The Balaban J connectivity index is 1.58. The molecule has 3 unspecified atom stereocenters. The normalized spacial score (nSPS) is 31.2. The number of carbonyl (C=O) groups is 1. The van der Waals surface area contributed by atoms with Gasteiger partial charge in [-0.15, -0.1) is 0 Å². The van der Waals surface area contributed by atoms with E-state index < -0.39 is 0 Å². The van der Waals surface area contributed by atoms with Crippen LogP contribution in [-0.2, 0) is 11.3 Å². The van der Waals surface area contributed by atoms with Crippen molar-refractivity contribution in [3.63, 3.8) is 0 Å². The number of rotatable bonds is 4. The fourth-order valence-corrected chi connectivity index (χ4v) is 3.69. The molecule has 20 heavy (non-hydrogen) atoms. The molecule has 3 heterocycles. The predicted molar refractivity (Wildman–Crippen MR) is 73.9 cm³/mol. The Morgan fingerprint density at radius 1 is 1.50 bits per heavy atom. The van der Waals surface area contributed by atoms with Crippen LogP contribution in [0.3, 0.4) is 0 Å². The number of fused-ring (bicyclic) bond motifs is 2. The number of carbonyl (C=O) groups excluding carboxylic acids is 1. The maximum Gasteiger partial charge on any atom is 0.237 e. The van der Waals surface area contributed by atoms with E-state index in [1.54, 1.807) is 6.26 Å². The maximum atomic E-state index is 12.3. The highest BCUT2D eigenvalue weighted by atomic mass is 16.3. The average molecular weight is 278 g/mol. The Labute approximate surface area is 118 Å². The van der Waals surface area contributed by atoms with Crippen molar-refractivity contribution < 1.29 is 14.3 Å². The number of aliphatic hydroxyl groups is 1. The molecule has 0 saturated carbocycles. The maximum absolute atomic E-state index is 12.3. The fraction of sp³-hybridized carbons (Fsp3) is 0.667. The van der Waals surface area contributed by atoms with Gasteiger partial charge in [0, 0.05) is 12.1 Å². The predicted octanol–water partition coefficient (Wildman–Crippen LogP) is 1.27. The van der Waals surface area contributed by atoms with Crippen LogP contribution in [-0.4, -0.2) is 40.1 Å². The highest BCUT2D eigenvalue weighted by molar-refractivity contribution is 5.81. The topological polar surface area (TPSA) is 65.7 Å². The van der Waals surface area contributed by atoms with Crippen LogP contribution in [0.4, 0.5) is 0 Å². The zero-order valence-electron chi connectivity index (χ0n) is 11.8. The number of nitrogens with zero attached hydrogens (tertiary/aromatic N) is 1. The first kappa shape index (κ1) is 13.6. The summed E-state index contributed by atoms with van der Waals surface area (Å²) < 4.78 is 5.22. The summed E-state index contributed by atoms with van der Waals surface area (Å²) in [6, 6.07) is 4.24. The highest BCUT2D eigenvalue weighted by Gasteiger charge is 2.43. The molecule has 0 spiro atoms. The van der Waals surface area contributed by atoms with E-state index in [4.69, 9.17) is 4.42 Å². The van der Waals surface area contributed by atoms with Crippen LogP contribution in [0, 0.1) is 0 Å². The molecule has 1 amide bonds. The van der Waals surface area contributed by atoms with E-state index in [0.717, 1.165) is 31.4 Å². The molecule has 2 bridgehead atoms. The zero-order valence-corrected chi connectivity index (χ0v) is 11.8. The van der Waals surface area contributed by atoms with Crippen LogP contribution >= 0.6 is 0 Å². The Morgan fingerprint density at radius 3 is 2.80 bits per heavy atom. The van der Waals surface area contributed by atoms with Gasteiger partial charge in [0.2, 0.25) is 5.91 Å². The quantitative estimate of drug-likeness (QED) is 0.870. The SMILES string of the molecule is CC(C(=O)NCc1ccco1)N1C2CCC1CC(O)C2. The standard InChI is InChI=1S/C15H22N2O3/c1-10(15(19)16-9-14-3-2-6-20-14)17-11-4-5-12(17)8-13(18)7-11/h2-3,6,10-13,18H,4-5,7-9H2,1H3,(H,16,19). The zero-order chi connectivity index (χ0) is 14.1. The van der Waals surface area contributed by atoms with Gasteiger partial charge in [-0.1, -0.05) is 0 Å². The molecular formula is C15H22N2O3. The van der Waals surface area contributed by atoms with Crippen LogP contribution in [0.5, 0.6) is 0 Å². The molecule has 2 saturated heterocycles. The first-order valence-electron chi connectivity index (χ1n) is 7.40. The van der Waals surface area contributed by atoms with E-state index in [-0.39, 0.29) is 18.1 Å². The first-order valence-corrected chi connectivity index (χ1v) is 7.40. The van der Waals surface area contributed by atoms with Crippen LogP contribution in [0.2, 0.25) is 0 Å². The molecule has 0 radical (unpaired) electrons. The van der Waals surface area contributed by atoms with Crippen molar-refractivity contribution in [2.45, 2.75) is 63.4 Å². The van der Waals surface area contributed by atoms with Gasteiger partial charge in [-0.3, -0.25) is 9.69 Å². The van der Waals surface area contributed by atoms with Crippen molar-refractivity contribution in [3.05, 3.63) is 24.2 Å². The number of furan rings is 1. The van der Waals surface area contributed by atoms with Gasteiger partial charge < -0.3 is 14.8 Å². The van der Waals surface area contributed by atoms with Crippen molar-refractivity contribution in [2.75, 3.05) is 0 Å². The summed E-state index contributed by atoms with van der Waals surface area (Å²) in [6.07, 6.45) is 5.20. The van der Waals surface area contributed by atoms with Crippen LogP contribution in [0.25, 0.3) is 0 Å². The molecule has 2 fully saturated rings. The molecule has 5 nitrogen and oxygen atoms in total. The van der Waals surface area contributed by atoms with Gasteiger partial charge in [-0.05, 0) is 44.7 Å². The van der Waals surface area contributed by atoms with E-state index in [0.29, 0.717) is 18.6 Å². The van der Waals surface area contributed by atoms with Crippen LogP contribution in [0.15, 0.2) is 22.8 Å². The molecule has 2 aliphatic rings. The second-order valence-electron chi connectivity index (χ2n) is 5.93. The van der Waals surface area contributed by atoms with Crippen molar-refractivity contribution in [1.29, 1.82) is 0 Å². The van der Waals surface area contributed by atoms with E-state index in [9.17, 15) is 9.90 Å². The van der Waals surface area contributed by atoms with Crippen LogP contribution in [0.1, 0.15) is 38.4 Å². The van der Waals surface area contributed by atoms with E-state index in [2.05, 4.69) is 10.2 Å². The van der Waals surface area contributed by atoms with Gasteiger partial charge in [0.25, 0.3) is 0 Å². The van der Waals surface area contributed by atoms with Crippen molar-refractivity contribution in [2.24, 2.45) is 0 Å². The number of hydrogen-bond donors (Lipinski definition) is 2. The lowest BCUT2D eigenvalue weighted by atomic mass is 9.98. The third kappa shape index (κ3) is 2.60. The Kier molecular flexibility index (Phi) is 3.81. The summed E-state index contributed by atoms with van der Waals surface area (Å²) in [5.41, 5.74) is 0. The molecule has 5 heteroatoms. The molecule has 2 N–H and O–H groups in total. The van der Waals surface area contributed by atoms with Gasteiger partial charge in [-0.25, -0.2) is 0 Å². The number of aliphatic hydroxyl groups excluding tert-OH is 1. The summed E-state index contributed by atoms with van der Waals surface area (Å²) in [4.78, 5) is 14.6. The average Bonchev–Trinajstić information content (AvgIpc) is 3.02. The molecule has 3 atom stereocenters. The highest BCUT2D eigenvalue weighted by Crippen LogP contribution is 2.37. The number of amides is 1. The van der Waals surface area contributed by atoms with E-state index in [1.165, 1.54) is 0 Å². The Morgan fingerprint density at radius 2 is 2.20 bits per heavy atom. The molecule has 110 valence electrons. The minimum absolute atomic E-state index is 0.0367. The van der Waals surface area contributed by atoms with Crippen LogP contribution < -0.4 is 5.32 Å². The van der Waals surface area contributed by atoms with E-state index in [1.807, 2.05) is 19.1 Å². The second kappa shape index (κ2) is 5.58. The third-order valence-electron chi connectivity index (χ3n) is 4.61. The molecule has 1 aromatic rings. The largest absolute Gasteiger partial charge is 0.467 e. The van der Waals surface area contributed by atoms with Crippen molar-refractivity contribution in [1.82, 2.24) is 10.2 Å². The summed E-state index contributed by atoms with van der Waals surface area (Å²) in [6.45, 7) is 2.39. The summed E-state index contributed by atoms with van der Waals surface area (Å²) in [5.74, 6) is 0.803. The lowest BCUT2D eigenvalue weighted by molar-refractivity contribution is -0.129. The molecule has 1 aromatic heterocycles. The molecule has 2 aliphatic heterocycles. The lowest BCUT2D eigenvalue weighted by Crippen LogP contribution is -2.54. The summed E-state index contributed by atoms with van der Waals surface area (Å²) in [7, 11) is 0. The van der Waals surface area contributed by atoms with Gasteiger partial charge in [-0.2, -0.15) is 0 Å². The second-order valence-corrected chi connectivity index (χ2v) is 5.93. The summed E-state index contributed by atoms with van der Waals surface area (Å²) >= 11 is 0. The minimum Gasteiger partial charge on any atom is -0.467 e.